The molecule has 3 unspecified atom stereocenters. The van der Waals surface area contributed by atoms with Crippen molar-refractivity contribution in [2.75, 3.05) is 0 Å². The minimum Gasteiger partial charge on any atom is -0.465 e. The van der Waals surface area contributed by atoms with Crippen LogP contribution in [0.5, 0.6) is 0 Å². The minimum atomic E-state index is -1.05. The lowest BCUT2D eigenvalue weighted by Crippen LogP contribution is -2.44. The summed E-state index contributed by atoms with van der Waals surface area (Å²) >= 11 is 0. The number of carbonyl (C=O) groups excluding carboxylic acids is 1. The fourth-order valence-electron chi connectivity index (χ4n) is 2.77. The standard InChI is InChI=1S/C18H28N2O3/c1-11(2)17(20-18(22)23)13(4)10-16(21)19-14(5)15-8-6-12(3)7-9-15/h6-9,11,13-14,17,20H,10H2,1-5H3,(H,19,21)(H,22,23). The van der Waals surface area contributed by atoms with Crippen molar-refractivity contribution in [3.8, 4) is 0 Å². The van der Waals surface area contributed by atoms with Gasteiger partial charge in [0.05, 0.1) is 6.04 Å². The van der Waals surface area contributed by atoms with Crippen molar-refractivity contribution in [2.24, 2.45) is 11.8 Å². The Morgan fingerprint density at radius 1 is 1.04 bits per heavy atom. The molecule has 1 aromatic carbocycles. The molecule has 5 heteroatoms. The van der Waals surface area contributed by atoms with Gasteiger partial charge in [-0.1, -0.05) is 50.6 Å². The maximum Gasteiger partial charge on any atom is 0.404 e. The normalized spacial score (nSPS) is 14.9. The highest BCUT2D eigenvalue weighted by Gasteiger charge is 2.25. The summed E-state index contributed by atoms with van der Waals surface area (Å²) in [6.07, 6.45) is -0.761. The van der Waals surface area contributed by atoms with E-state index in [0.29, 0.717) is 6.42 Å². The van der Waals surface area contributed by atoms with Gasteiger partial charge in [0.25, 0.3) is 0 Å². The van der Waals surface area contributed by atoms with Gasteiger partial charge in [0.2, 0.25) is 5.91 Å². The number of amides is 2. The molecule has 1 rings (SSSR count). The van der Waals surface area contributed by atoms with Crippen LogP contribution >= 0.6 is 0 Å². The van der Waals surface area contributed by atoms with Crippen molar-refractivity contribution in [3.05, 3.63) is 35.4 Å². The van der Waals surface area contributed by atoms with Gasteiger partial charge in [-0.2, -0.15) is 0 Å². The topological polar surface area (TPSA) is 78.4 Å². The molecule has 0 aromatic heterocycles. The van der Waals surface area contributed by atoms with Crippen LogP contribution in [0.2, 0.25) is 0 Å². The van der Waals surface area contributed by atoms with Crippen LogP contribution in [0.25, 0.3) is 0 Å². The van der Waals surface area contributed by atoms with E-state index in [9.17, 15) is 9.59 Å². The first-order valence-electron chi connectivity index (χ1n) is 8.06. The molecule has 5 nitrogen and oxygen atoms in total. The van der Waals surface area contributed by atoms with E-state index in [-0.39, 0.29) is 29.8 Å². The third kappa shape index (κ3) is 6.30. The summed E-state index contributed by atoms with van der Waals surface area (Å²) in [6.45, 7) is 9.77. The molecule has 0 bridgehead atoms. The molecule has 0 aliphatic rings. The first kappa shape index (κ1) is 19.0. The quantitative estimate of drug-likeness (QED) is 0.719. The third-order valence-electron chi connectivity index (χ3n) is 4.08. The molecule has 0 heterocycles. The summed E-state index contributed by atoms with van der Waals surface area (Å²) < 4.78 is 0. The summed E-state index contributed by atoms with van der Waals surface area (Å²) in [7, 11) is 0. The molecule has 1 aromatic rings. The Kier molecular flexibility index (Phi) is 7.07. The lowest BCUT2D eigenvalue weighted by Gasteiger charge is -2.27. The number of benzene rings is 1. The summed E-state index contributed by atoms with van der Waals surface area (Å²) in [5.74, 6) is -0.0110. The fourth-order valence-corrected chi connectivity index (χ4v) is 2.77. The van der Waals surface area contributed by atoms with E-state index in [4.69, 9.17) is 5.11 Å². The minimum absolute atomic E-state index is 0.0663. The molecule has 128 valence electrons. The van der Waals surface area contributed by atoms with Crippen LogP contribution in [0, 0.1) is 18.8 Å². The van der Waals surface area contributed by atoms with Gasteiger partial charge in [-0.15, -0.1) is 0 Å². The molecule has 2 amide bonds. The zero-order valence-electron chi connectivity index (χ0n) is 14.6. The van der Waals surface area contributed by atoms with Crippen molar-refractivity contribution in [1.29, 1.82) is 0 Å². The van der Waals surface area contributed by atoms with Gasteiger partial charge in [-0.25, -0.2) is 4.79 Å². The Balaban J connectivity index is 2.60. The summed E-state index contributed by atoms with van der Waals surface area (Å²) in [5.41, 5.74) is 2.24. The van der Waals surface area contributed by atoms with E-state index in [0.717, 1.165) is 5.56 Å². The van der Waals surface area contributed by atoms with Crippen LogP contribution in [0.3, 0.4) is 0 Å². The zero-order chi connectivity index (χ0) is 17.6. The van der Waals surface area contributed by atoms with Crippen LogP contribution in [-0.2, 0) is 4.79 Å². The Bertz CT molecular complexity index is 526. The zero-order valence-corrected chi connectivity index (χ0v) is 14.6. The number of hydrogen-bond acceptors (Lipinski definition) is 2. The Hall–Kier alpha value is -2.04. The number of carboxylic acid groups (broad SMARTS) is 1. The van der Waals surface area contributed by atoms with E-state index >= 15 is 0 Å². The molecule has 0 fully saturated rings. The molecular formula is C18H28N2O3. The van der Waals surface area contributed by atoms with Gasteiger partial charge in [-0.3, -0.25) is 4.79 Å². The lowest BCUT2D eigenvalue weighted by molar-refractivity contribution is -0.122. The number of rotatable bonds is 7. The SMILES string of the molecule is Cc1ccc(C(C)NC(=O)CC(C)C(NC(=O)O)C(C)C)cc1. The van der Waals surface area contributed by atoms with E-state index in [1.165, 1.54) is 5.56 Å². The smallest absolute Gasteiger partial charge is 0.404 e. The fraction of sp³-hybridized carbons (Fsp3) is 0.556. The van der Waals surface area contributed by atoms with Crippen molar-refractivity contribution in [3.63, 3.8) is 0 Å². The van der Waals surface area contributed by atoms with Crippen molar-refractivity contribution in [1.82, 2.24) is 10.6 Å². The van der Waals surface area contributed by atoms with Gasteiger partial charge in [-0.05, 0) is 31.2 Å². The Labute approximate surface area is 138 Å². The molecule has 0 radical (unpaired) electrons. The predicted octanol–water partition coefficient (Wildman–Crippen LogP) is 3.49. The number of carbonyl (C=O) groups is 2. The third-order valence-corrected chi connectivity index (χ3v) is 4.08. The molecule has 0 saturated heterocycles. The average Bonchev–Trinajstić information content (AvgIpc) is 2.44. The highest BCUT2D eigenvalue weighted by molar-refractivity contribution is 5.76. The van der Waals surface area contributed by atoms with Gasteiger partial charge in [0.1, 0.15) is 0 Å². The van der Waals surface area contributed by atoms with E-state index in [1.807, 2.05) is 58.9 Å². The molecule has 0 spiro atoms. The number of hydrogen-bond donors (Lipinski definition) is 3. The van der Waals surface area contributed by atoms with Crippen LogP contribution in [0.15, 0.2) is 24.3 Å². The number of aryl methyl sites for hydroxylation is 1. The first-order chi connectivity index (χ1) is 10.7. The Morgan fingerprint density at radius 3 is 2.09 bits per heavy atom. The monoisotopic (exact) mass is 320 g/mol. The average molecular weight is 320 g/mol. The second-order valence-electron chi connectivity index (χ2n) is 6.60. The Morgan fingerprint density at radius 2 is 1.61 bits per heavy atom. The molecule has 0 saturated carbocycles. The lowest BCUT2D eigenvalue weighted by atomic mass is 9.89. The van der Waals surface area contributed by atoms with Gasteiger partial charge in [0.15, 0.2) is 0 Å². The molecule has 0 aliphatic heterocycles. The van der Waals surface area contributed by atoms with E-state index in [1.54, 1.807) is 0 Å². The number of nitrogens with one attached hydrogen (secondary N) is 2. The predicted molar refractivity (Wildman–Crippen MR) is 91.3 cm³/mol. The van der Waals surface area contributed by atoms with Crippen LogP contribution in [-0.4, -0.2) is 23.1 Å². The van der Waals surface area contributed by atoms with Gasteiger partial charge in [0, 0.05) is 12.5 Å². The highest BCUT2D eigenvalue weighted by Crippen LogP contribution is 2.18. The van der Waals surface area contributed by atoms with Crippen LogP contribution < -0.4 is 10.6 Å². The summed E-state index contributed by atoms with van der Waals surface area (Å²) in [6, 6.07) is 7.74. The van der Waals surface area contributed by atoms with Crippen LogP contribution in [0.1, 0.15) is 51.3 Å². The van der Waals surface area contributed by atoms with E-state index < -0.39 is 6.09 Å². The maximum atomic E-state index is 12.2. The van der Waals surface area contributed by atoms with E-state index in [2.05, 4.69) is 10.6 Å². The first-order valence-corrected chi connectivity index (χ1v) is 8.06. The molecule has 0 aliphatic carbocycles. The van der Waals surface area contributed by atoms with Gasteiger partial charge >= 0.3 is 6.09 Å². The van der Waals surface area contributed by atoms with Crippen LogP contribution in [0.4, 0.5) is 4.79 Å². The maximum absolute atomic E-state index is 12.2. The second kappa shape index (κ2) is 8.56. The van der Waals surface area contributed by atoms with Crippen molar-refractivity contribution >= 4 is 12.0 Å². The molecule has 3 N–H and O–H groups in total. The van der Waals surface area contributed by atoms with Crippen molar-refractivity contribution < 1.29 is 14.7 Å². The highest BCUT2D eigenvalue weighted by atomic mass is 16.4. The molecule has 23 heavy (non-hydrogen) atoms. The molecular weight excluding hydrogens is 292 g/mol. The molecule has 3 atom stereocenters. The largest absolute Gasteiger partial charge is 0.465 e. The van der Waals surface area contributed by atoms with Crippen molar-refractivity contribution in [2.45, 2.75) is 53.1 Å². The second-order valence-corrected chi connectivity index (χ2v) is 6.60. The van der Waals surface area contributed by atoms with Gasteiger partial charge < -0.3 is 15.7 Å². The summed E-state index contributed by atoms with van der Waals surface area (Å²) in [5, 5.41) is 14.4. The summed E-state index contributed by atoms with van der Waals surface area (Å²) in [4.78, 5) is 23.1.